The van der Waals surface area contributed by atoms with Crippen LogP contribution in [-0.4, -0.2) is 82.9 Å². The minimum absolute atomic E-state index is 0. The fraction of sp³-hybridized carbons (Fsp3) is 0.140. The van der Waals surface area contributed by atoms with Crippen molar-refractivity contribution >= 4 is 171 Å². The van der Waals surface area contributed by atoms with Crippen molar-refractivity contribution in [2.45, 2.75) is 74.7 Å². The van der Waals surface area contributed by atoms with Gasteiger partial charge in [-0.15, -0.1) is 0 Å². The summed E-state index contributed by atoms with van der Waals surface area (Å²) in [5, 5.41) is 16.8. The summed E-state index contributed by atoms with van der Waals surface area (Å²) in [5.74, 6) is -4.43. The molecule has 2 aromatic heterocycles. The van der Waals surface area contributed by atoms with E-state index in [1.54, 1.807) is 0 Å². The van der Waals surface area contributed by atoms with E-state index in [4.69, 9.17) is 0 Å². The molecule has 0 fully saturated rings. The maximum Gasteiger partial charge on any atom is -0.0134 e. The van der Waals surface area contributed by atoms with Gasteiger partial charge in [0, 0.05) is 43.3 Å². The Kier molecular flexibility index (Phi) is 49.6. The first kappa shape index (κ1) is 101. The molecule has 0 aliphatic heterocycles. The second-order valence-electron chi connectivity index (χ2n) is 22.4. The number of aromatic nitrogens is 2. The minimum Gasteiger partial charge on any atom is -0.0622 e. The second kappa shape index (κ2) is 56.4. The number of benzene rings is 12. The van der Waals surface area contributed by atoms with Gasteiger partial charge in [0.05, 0.1) is 13.2 Å². The molecule has 0 atom stereocenters. The van der Waals surface area contributed by atoms with Gasteiger partial charge in [0.2, 0.25) is 11.5 Å². The van der Waals surface area contributed by atoms with Crippen LogP contribution < -0.4 is 63.7 Å². The number of hydrogen-bond donors (Lipinski definition) is 0. The zero-order valence-corrected chi connectivity index (χ0v) is 78.6. The molecular weight excluding hydrogens is 1900 g/mol. The Morgan fingerprint density at radius 2 is 0.452 bits per heavy atom. The van der Waals surface area contributed by atoms with Crippen molar-refractivity contribution in [3.63, 3.8) is 0 Å². The summed E-state index contributed by atoms with van der Waals surface area (Å²) in [7, 11) is -1.78. The van der Waals surface area contributed by atoms with Crippen molar-refractivity contribution < 1.29 is 74.7 Å². The first-order valence-corrected chi connectivity index (χ1v) is 42.6. The third-order valence-corrected chi connectivity index (χ3v) is 25.1. The van der Waals surface area contributed by atoms with Crippen LogP contribution in [0.25, 0.3) is 0 Å². The topological polar surface area (TPSA) is 105 Å². The molecule has 0 aliphatic rings. The van der Waals surface area contributed by atoms with E-state index >= 15 is 0 Å². The van der Waals surface area contributed by atoms with E-state index < -0.39 is 83.7 Å². The molecule has 0 bridgehead atoms. The van der Waals surface area contributed by atoms with Crippen molar-refractivity contribution in [2.75, 3.05) is 13.2 Å². The molecule has 12 aromatic carbocycles. The average molecular weight is 2000 g/mol. The number of carbonyl (C=O) groups is 2. The van der Waals surface area contributed by atoms with Crippen LogP contribution in [0.15, 0.2) is 378 Å². The Morgan fingerprint density at radius 1 is 0.304 bits per heavy atom. The van der Waals surface area contributed by atoms with Crippen LogP contribution in [0.1, 0.15) is 93.8 Å². The summed E-state index contributed by atoms with van der Waals surface area (Å²) in [6.07, 6.45) is -9.47. The van der Waals surface area contributed by atoms with Crippen LogP contribution in [0.2, 0.25) is 0 Å². The van der Waals surface area contributed by atoms with Crippen molar-refractivity contribution in [1.29, 1.82) is 0 Å². The van der Waals surface area contributed by atoms with Crippen LogP contribution in [0, 0.1) is 6.92 Å². The summed E-state index contributed by atoms with van der Waals surface area (Å²) in [5.41, 5.74) is -2.74. The van der Waals surface area contributed by atoms with Gasteiger partial charge in [-0.25, -0.2) is 14.6 Å². The Morgan fingerprint density at radius 3 is 0.600 bits per heavy atom. The Labute approximate surface area is 734 Å². The van der Waals surface area contributed by atoms with Crippen LogP contribution in [0.4, 0.5) is 26.3 Å². The summed E-state index contributed by atoms with van der Waals surface area (Å²) < 4.78 is 91.7. The fourth-order valence-electron chi connectivity index (χ4n) is 10.5. The van der Waals surface area contributed by atoms with Crippen molar-refractivity contribution in [3.8, 4) is 0 Å². The van der Waals surface area contributed by atoms with E-state index in [-0.39, 0.29) is 87.3 Å². The van der Waals surface area contributed by atoms with Crippen molar-refractivity contribution in [3.05, 3.63) is 398 Å². The number of halogens is 7. The molecule has 0 amide bonds. The molecule has 6 radical (unpaired) electrons. The van der Waals surface area contributed by atoms with E-state index in [1.165, 1.54) is 84.4 Å². The van der Waals surface area contributed by atoms with Gasteiger partial charge >= 0.3 is 72.1 Å². The second-order valence-corrected chi connectivity index (χ2v) is 31.9. The predicted molar refractivity (Wildman–Crippen MR) is 476 cm³/mol. The molecule has 14 rings (SSSR count). The molecule has 8 nitrogen and oxygen atoms in total. The summed E-state index contributed by atoms with van der Waals surface area (Å²) in [6.45, 7) is 16.1. The van der Waals surface area contributed by atoms with Gasteiger partial charge in [0.1, 0.15) is 0 Å². The van der Waals surface area contributed by atoms with Gasteiger partial charge in [0.25, 0.3) is 4.80 Å². The van der Waals surface area contributed by atoms with Crippen molar-refractivity contribution in [1.82, 2.24) is 9.97 Å². The average Bonchev–Trinajstić information content (AvgIpc) is 1.25. The minimum atomic E-state index is -4.75. The van der Waals surface area contributed by atoms with Gasteiger partial charge in [0.15, 0.2) is 17.3 Å². The molecule has 115 heavy (non-hydrogen) atoms. The zero-order valence-electron chi connectivity index (χ0n) is 65.3. The summed E-state index contributed by atoms with van der Waals surface area (Å²) >= 11 is 2.61. The molecule has 2 heterocycles. The molecule has 0 unspecified atom stereocenters. The summed E-state index contributed by atoms with van der Waals surface area (Å²) in [4.78, 5) is 27.8. The number of aryl methyl sites for hydroxylation is 1. The van der Waals surface area contributed by atoms with Gasteiger partial charge in [-0.1, -0.05) is 406 Å². The molecule has 0 spiro atoms. The van der Waals surface area contributed by atoms with Crippen molar-refractivity contribution in [2.24, 2.45) is 0 Å². The number of carbonyl (C=O) groups excluding carboxylic acids is 2. The summed E-state index contributed by atoms with van der Waals surface area (Å²) in [6, 6.07) is 129. The van der Waals surface area contributed by atoms with Crippen LogP contribution in [-0.2, 0) is 42.2 Å². The maximum atomic E-state index is 12.3. The van der Waals surface area contributed by atoms with Gasteiger partial charge in [-0.2, -0.15) is 31.3 Å². The Balaban J connectivity index is 0.000000351. The van der Waals surface area contributed by atoms with E-state index in [0.29, 0.717) is 0 Å². The predicted octanol–water partition coefficient (Wildman–Crippen LogP) is 20.4. The third kappa shape index (κ3) is 33.2. The third-order valence-electron chi connectivity index (χ3n) is 15.0. The van der Waals surface area contributed by atoms with E-state index in [2.05, 4.69) is 408 Å². The molecule has 22 heteroatoms. The van der Waals surface area contributed by atoms with Crippen LogP contribution in [0.3, 0.4) is 0 Å². The Bertz CT molecular complexity index is 3930. The molecule has 0 N–H and O–H groups in total. The number of nitrogens with zero attached hydrogens (tertiary/aromatic N) is 2. The fourth-order valence-corrected chi connectivity index (χ4v) is 20.0. The number of alkyl halides is 6. The number of oxazole rings is 2. The standard InChI is InChI=1S/4C18H15P.C8H8F3NO3.C7H5BrF3NO3.3C2H6.Pd.2Sn.2H/c4*1-4-10-16(11-5-1)19(17-12-6-2-7-13-17)18-14-8-3-9-15-18;1-3-14-7(13)5-6(8(9,10)11)12-4(2)15-5;1-2-14-5(13)3-4(7(9,10)11)12-6(8)15-3;3*1-2;;;;;/h4*1-15H;3H2,1-2H3;2H2,1H3;3*1-2H3;;;;;. The van der Waals surface area contributed by atoms with E-state index in [9.17, 15) is 35.9 Å². The van der Waals surface area contributed by atoms with Crippen LogP contribution in [0.5, 0.6) is 0 Å². The molecule has 14 aromatic rings. The SMILES string of the molecule is CC.CC.CC.CCOC(=O)c1oc(Br)nc1C(F)(F)F.CCOC(=O)c1oc(C)nc1C(F)(F)F.[Pd].[SnH].[SnH].c1ccc(P(c2ccccc2)c2ccccc2)cc1.c1ccc(P(c2ccccc2)c2ccccc2)cc1.c1ccc(P(c2ccccc2)c2ccccc2)cc1.c1ccc(P(c2ccccc2)c2ccccc2)cc1. The van der Waals surface area contributed by atoms with Gasteiger partial charge < -0.3 is 18.3 Å². The first-order valence-electron chi connectivity index (χ1n) is 36.5. The van der Waals surface area contributed by atoms with Gasteiger partial charge in [-0.05, 0) is 109 Å². The number of hydrogen-bond acceptors (Lipinski definition) is 8. The molecule has 0 aliphatic carbocycles. The van der Waals surface area contributed by atoms with Gasteiger partial charge in [-0.3, -0.25) is 0 Å². The van der Waals surface area contributed by atoms with Crippen LogP contribution >= 0.6 is 47.6 Å². The largest absolute Gasteiger partial charge is 0.0622 e. The normalized spacial score (nSPS) is 10.2. The maximum absolute atomic E-state index is 12.3. The Hall–Kier alpha value is -7.96. The zero-order chi connectivity index (χ0) is 80.9. The van der Waals surface area contributed by atoms with E-state index in [0.717, 1.165) is 0 Å². The smallest absolute Gasteiger partial charge is 0.0134 e. The molecular formula is C93H93BrF6N2O6P4PdSn2. The number of ether oxygens (including phenoxy) is 2. The monoisotopic (exact) mass is 2000 g/mol. The quantitative estimate of drug-likeness (QED) is 0.0408. The molecule has 0 saturated carbocycles. The number of esters is 2. The first-order chi connectivity index (χ1) is 54.5. The number of rotatable bonds is 16. The van der Waals surface area contributed by atoms with E-state index in [1.807, 2.05) is 41.5 Å². The molecule has 0 saturated heterocycles. The molecule has 598 valence electrons.